The van der Waals surface area contributed by atoms with E-state index >= 15 is 0 Å². The van der Waals surface area contributed by atoms with Crippen LogP contribution in [0.2, 0.25) is 5.02 Å². The average molecular weight is 302 g/mol. The molecule has 2 nitrogen and oxygen atoms in total. The number of rotatable bonds is 3. The first-order valence-electron chi connectivity index (χ1n) is 5.47. The summed E-state index contributed by atoms with van der Waals surface area (Å²) in [5, 5.41) is -0.114. The fourth-order valence-electron chi connectivity index (χ4n) is 1.63. The maximum Gasteiger partial charge on any atom is 0.573 e. The molecule has 0 aliphatic heterocycles. The van der Waals surface area contributed by atoms with Gasteiger partial charge in [0.1, 0.15) is 18.6 Å². The predicted molar refractivity (Wildman–Crippen MR) is 69.6 cm³/mol. The summed E-state index contributed by atoms with van der Waals surface area (Å²) in [5.74, 6) is 0.150. The van der Waals surface area contributed by atoms with Crippen molar-refractivity contribution >= 4 is 11.6 Å². The van der Waals surface area contributed by atoms with Crippen LogP contribution in [0.5, 0.6) is 11.5 Å². The Kier molecular flexibility index (Phi) is 4.09. The van der Waals surface area contributed by atoms with E-state index in [0.29, 0.717) is 11.3 Å². The van der Waals surface area contributed by atoms with Crippen molar-refractivity contribution in [3.63, 3.8) is 0 Å². The average Bonchev–Trinajstić information content (AvgIpc) is 2.40. The van der Waals surface area contributed by atoms with Crippen molar-refractivity contribution < 1.29 is 22.6 Å². The van der Waals surface area contributed by atoms with Gasteiger partial charge in [0.15, 0.2) is 0 Å². The normalized spacial score (nSPS) is 11.2. The molecular weight excluding hydrogens is 293 g/mol. The van der Waals surface area contributed by atoms with E-state index in [0.717, 1.165) is 5.56 Å². The van der Waals surface area contributed by atoms with E-state index in [-0.39, 0.29) is 5.02 Å². The van der Waals surface area contributed by atoms with E-state index in [2.05, 4.69) is 11.8 Å². The Morgan fingerprint density at radius 3 is 2.05 bits per heavy atom. The van der Waals surface area contributed by atoms with Crippen molar-refractivity contribution in [2.45, 2.75) is 6.36 Å². The van der Waals surface area contributed by atoms with Gasteiger partial charge in [-0.3, -0.25) is 0 Å². The standard InChI is InChI=1S/C14H9ClF3O2/c1-19-11-5-2-9(3-6-11)10-4-7-13(12(15)8-10)20-14(16,17)18/h2-8H,1H2. The molecule has 0 aliphatic rings. The van der Waals surface area contributed by atoms with E-state index in [1.807, 2.05) is 0 Å². The molecular formula is C14H9ClF3O2. The van der Waals surface area contributed by atoms with Gasteiger partial charge in [0, 0.05) is 0 Å². The molecule has 2 rings (SSSR count). The summed E-state index contributed by atoms with van der Waals surface area (Å²) >= 11 is 5.78. The second kappa shape index (κ2) is 5.63. The third-order valence-corrected chi connectivity index (χ3v) is 2.81. The Balaban J connectivity index is 2.28. The molecule has 0 atom stereocenters. The van der Waals surface area contributed by atoms with Crippen LogP contribution in [-0.2, 0) is 0 Å². The molecule has 0 N–H and O–H groups in total. The molecule has 105 valence electrons. The van der Waals surface area contributed by atoms with E-state index in [1.165, 1.54) is 18.2 Å². The Hall–Kier alpha value is -1.88. The summed E-state index contributed by atoms with van der Waals surface area (Å²) < 4.78 is 45.0. The monoisotopic (exact) mass is 301 g/mol. The topological polar surface area (TPSA) is 18.5 Å². The molecule has 20 heavy (non-hydrogen) atoms. The van der Waals surface area contributed by atoms with Crippen LogP contribution in [-0.4, -0.2) is 6.36 Å². The molecule has 0 fully saturated rings. The molecule has 0 bridgehead atoms. The maximum absolute atomic E-state index is 12.1. The molecule has 0 amide bonds. The molecule has 0 saturated heterocycles. The van der Waals surface area contributed by atoms with Crippen LogP contribution >= 0.6 is 11.6 Å². The van der Waals surface area contributed by atoms with Gasteiger partial charge in [-0.1, -0.05) is 29.8 Å². The first-order chi connectivity index (χ1) is 9.39. The van der Waals surface area contributed by atoms with Gasteiger partial charge in [-0.15, -0.1) is 13.2 Å². The third-order valence-electron chi connectivity index (χ3n) is 2.51. The molecule has 1 radical (unpaired) electrons. The molecule has 2 aromatic rings. The lowest BCUT2D eigenvalue weighted by atomic mass is 10.1. The Labute approximate surface area is 118 Å². The highest BCUT2D eigenvalue weighted by Gasteiger charge is 2.32. The van der Waals surface area contributed by atoms with Gasteiger partial charge in [-0.05, 0) is 35.4 Å². The first kappa shape index (κ1) is 14.5. The van der Waals surface area contributed by atoms with Gasteiger partial charge in [-0.2, -0.15) is 0 Å². The van der Waals surface area contributed by atoms with E-state index in [4.69, 9.17) is 16.3 Å². The SMILES string of the molecule is [CH2]Oc1ccc(-c2ccc(OC(F)(F)F)c(Cl)c2)cc1. The Morgan fingerprint density at radius 2 is 1.55 bits per heavy atom. The molecule has 0 aromatic heterocycles. The van der Waals surface area contributed by atoms with E-state index in [1.54, 1.807) is 24.3 Å². The number of ether oxygens (including phenoxy) is 2. The fourth-order valence-corrected chi connectivity index (χ4v) is 1.85. The minimum atomic E-state index is -4.77. The van der Waals surface area contributed by atoms with Crippen molar-refractivity contribution in [1.29, 1.82) is 0 Å². The Bertz CT molecular complexity index is 594. The summed E-state index contributed by atoms with van der Waals surface area (Å²) in [6.07, 6.45) is -4.77. The summed E-state index contributed by atoms with van der Waals surface area (Å²) in [5.41, 5.74) is 1.45. The largest absolute Gasteiger partial charge is 0.573 e. The second-order valence-corrected chi connectivity index (χ2v) is 4.27. The molecule has 0 saturated carbocycles. The maximum atomic E-state index is 12.1. The Morgan fingerprint density at radius 1 is 0.950 bits per heavy atom. The van der Waals surface area contributed by atoms with Crippen molar-refractivity contribution in [3.05, 3.63) is 54.6 Å². The zero-order chi connectivity index (χ0) is 14.8. The lowest BCUT2D eigenvalue weighted by molar-refractivity contribution is -0.274. The minimum Gasteiger partial charge on any atom is -0.490 e. The van der Waals surface area contributed by atoms with Gasteiger partial charge in [0.25, 0.3) is 0 Å². The van der Waals surface area contributed by atoms with Crippen LogP contribution in [0.4, 0.5) is 13.2 Å². The third kappa shape index (κ3) is 3.57. The highest BCUT2D eigenvalue weighted by molar-refractivity contribution is 6.32. The van der Waals surface area contributed by atoms with E-state index in [9.17, 15) is 13.2 Å². The summed E-state index contributed by atoms with van der Waals surface area (Å²) in [4.78, 5) is 0. The molecule has 0 aliphatic carbocycles. The van der Waals surface area contributed by atoms with Crippen LogP contribution < -0.4 is 9.47 Å². The highest BCUT2D eigenvalue weighted by atomic mass is 35.5. The second-order valence-electron chi connectivity index (χ2n) is 3.86. The summed E-state index contributed by atoms with van der Waals surface area (Å²) in [6.45, 7) is 0. The number of hydrogen-bond donors (Lipinski definition) is 0. The fraction of sp³-hybridized carbons (Fsp3) is 0.0714. The molecule has 0 heterocycles. The smallest absolute Gasteiger partial charge is 0.490 e. The van der Waals surface area contributed by atoms with Gasteiger partial charge < -0.3 is 9.47 Å². The number of halogens is 4. The lowest BCUT2D eigenvalue weighted by Crippen LogP contribution is -2.17. The van der Waals surface area contributed by atoms with Crippen molar-refractivity contribution in [1.82, 2.24) is 0 Å². The zero-order valence-electron chi connectivity index (χ0n) is 10.1. The van der Waals surface area contributed by atoms with Crippen LogP contribution in [0.3, 0.4) is 0 Å². The minimum absolute atomic E-state index is 0.114. The summed E-state index contributed by atoms with van der Waals surface area (Å²) in [7, 11) is 3.27. The summed E-state index contributed by atoms with van der Waals surface area (Å²) in [6, 6.07) is 11.0. The highest BCUT2D eigenvalue weighted by Crippen LogP contribution is 2.34. The van der Waals surface area contributed by atoms with Crippen molar-refractivity contribution in [2.24, 2.45) is 0 Å². The van der Waals surface area contributed by atoms with Crippen LogP contribution in [0.1, 0.15) is 0 Å². The van der Waals surface area contributed by atoms with Crippen molar-refractivity contribution in [3.8, 4) is 22.6 Å². The van der Waals surface area contributed by atoms with E-state index < -0.39 is 12.1 Å². The number of hydrogen-bond acceptors (Lipinski definition) is 2. The molecule has 0 spiro atoms. The van der Waals surface area contributed by atoms with Crippen molar-refractivity contribution in [2.75, 3.05) is 0 Å². The lowest BCUT2D eigenvalue weighted by Gasteiger charge is -2.11. The molecule has 6 heteroatoms. The van der Waals surface area contributed by atoms with Crippen LogP contribution in [0.15, 0.2) is 42.5 Å². The van der Waals surface area contributed by atoms with Gasteiger partial charge in [0.2, 0.25) is 0 Å². The first-order valence-corrected chi connectivity index (χ1v) is 5.84. The molecule has 2 aromatic carbocycles. The van der Waals surface area contributed by atoms with Crippen LogP contribution in [0.25, 0.3) is 11.1 Å². The number of benzene rings is 2. The van der Waals surface area contributed by atoms with Crippen LogP contribution in [0, 0.1) is 7.11 Å². The quantitative estimate of drug-likeness (QED) is 0.787. The number of alkyl halides is 3. The van der Waals surface area contributed by atoms with Gasteiger partial charge in [0.05, 0.1) is 5.02 Å². The predicted octanol–water partition coefficient (Wildman–Crippen LogP) is 5.08. The van der Waals surface area contributed by atoms with Gasteiger partial charge >= 0.3 is 6.36 Å². The van der Waals surface area contributed by atoms with Gasteiger partial charge in [-0.25, -0.2) is 0 Å². The molecule has 0 unspecified atom stereocenters. The zero-order valence-corrected chi connectivity index (χ0v) is 10.8.